The summed E-state index contributed by atoms with van der Waals surface area (Å²) in [5.74, 6) is 0.948. The first-order valence-electron chi connectivity index (χ1n) is 7.57. The van der Waals surface area contributed by atoms with E-state index in [9.17, 15) is 4.39 Å². The summed E-state index contributed by atoms with van der Waals surface area (Å²) in [6, 6.07) is 9.65. The fourth-order valence-corrected chi connectivity index (χ4v) is 3.98. The zero-order valence-electron chi connectivity index (χ0n) is 12.3. The van der Waals surface area contributed by atoms with Gasteiger partial charge in [0.05, 0.1) is 0 Å². The second-order valence-corrected chi connectivity index (χ2v) is 6.58. The van der Waals surface area contributed by atoms with Crippen molar-refractivity contribution in [2.45, 2.75) is 43.8 Å². The Morgan fingerprint density at radius 2 is 2.29 bits per heavy atom. The molecular weight excluding hydrogens is 283 g/mol. The van der Waals surface area contributed by atoms with Crippen LogP contribution >= 0.6 is 11.8 Å². The minimum atomic E-state index is -0.141. The third-order valence-electron chi connectivity index (χ3n) is 3.93. The minimum Gasteiger partial charge on any atom is -0.350 e. The molecule has 0 aliphatic carbocycles. The Labute approximate surface area is 129 Å². The quantitative estimate of drug-likeness (QED) is 0.883. The van der Waals surface area contributed by atoms with E-state index >= 15 is 0 Å². The molecule has 112 valence electrons. The molecule has 0 spiro atoms. The first-order chi connectivity index (χ1) is 10.3. The van der Waals surface area contributed by atoms with Gasteiger partial charge < -0.3 is 9.88 Å². The smallest absolute Gasteiger partial charge is 0.123 e. The molecule has 21 heavy (non-hydrogen) atoms. The van der Waals surface area contributed by atoms with Gasteiger partial charge in [-0.15, -0.1) is 11.8 Å². The monoisotopic (exact) mass is 304 g/mol. The van der Waals surface area contributed by atoms with Gasteiger partial charge in [-0.2, -0.15) is 0 Å². The van der Waals surface area contributed by atoms with Crippen molar-refractivity contribution in [1.29, 1.82) is 0 Å². The van der Waals surface area contributed by atoms with Crippen LogP contribution in [0.1, 0.15) is 37.1 Å². The average Bonchev–Trinajstić information content (AvgIpc) is 2.93. The Kier molecular flexibility index (Phi) is 4.66. The van der Waals surface area contributed by atoms with Crippen molar-refractivity contribution in [3.05, 3.63) is 53.6 Å². The Morgan fingerprint density at radius 3 is 3.14 bits per heavy atom. The van der Waals surface area contributed by atoms with Crippen molar-refractivity contribution in [2.24, 2.45) is 0 Å². The summed E-state index contributed by atoms with van der Waals surface area (Å²) < 4.78 is 15.8. The van der Waals surface area contributed by atoms with E-state index in [1.54, 1.807) is 12.1 Å². The summed E-state index contributed by atoms with van der Waals surface area (Å²) in [6.07, 6.45) is 4.32. The van der Waals surface area contributed by atoms with E-state index in [-0.39, 0.29) is 11.9 Å². The van der Waals surface area contributed by atoms with Gasteiger partial charge in [0.1, 0.15) is 5.82 Å². The lowest BCUT2D eigenvalue weighted by Crippen LogP contribution is -2.25. The van der Waals surface area contributed by atoms with Gasteiger partial charge in [0, 0.05) is 35.9 Å². The molecule has 2 aromatic rings. The summed E-state index contributed by atoms with van der Waals surface area (Å²) in [7, 11) is 0. The molecule has 4 heteroatoms. The number of hydrogen-bond acceptors (Lipinski definition) is 2. The molecule has 0 fully saturated rings. The van der Waals surface area contributed by atoms with E-state index in [1.807, 2.05) is 17.8 Å². The molecule has 0 amide bonds. The van der Waals surface area contributed by atoms with Crippen LogP contribution in [0.25, 0.3) is 0 Å². The molecule has 1 unspecified atom stereocenters. The molecule has 0 saturated carbocycles. The van der Waals surface area contributed by atoms with E-state index < -0.39 is 0 Å². The van der Waals surface area contributed by atoms with Crippen LogP contribution in [-0.4, -0.2) is 10.3 Å². The molecule has 1 atom stereocenters. The molecule has 1 N–H and O–H groups in total. The van der Waals surface area contributed by atoms with Crippen molar-refractivity contribution in [3.8, 4) is 0 Å². The Morgan fingerprint density at radius 1 is 1.38 bits per heavy atom. The number of halogens is 1. The van der Waals surface area contributed by atoms with Crippen LogP contribution in [0.5, 0.6) is 0 Å². The maximum Gasteiger partial charge on any atom is 0.123 e. The molecule has 2 nitrogen and oxygen atoms in total. The highest BCUT2D eigenvalue weighted by molar-refractivity contribution is 7.99. The number of nitrogens with one attached hydrogen (secondary N) is 1. The predicted octanol–water partition coefficient (Wildman–Crippen LogP) is 4.36. The number of fused-ring (bicyclic) bond motifs is 1. The number of hydrogen-bond donors (Lipinski definition) is 1. The summed E-state index contributed by atoms with van der Waals surface area (Å²) in [5, 5.41) is 3.61. The van der Waals surface area contributed by atoms with E-state index in [0.717, 1.165) is 37.2 Å². The number of rotatable bonds is 5. The second kappa shape index (κ2) is 6.67. The summed E-state index contributed by atoms with van der Waals surface area (Å²) in [5.41, 5.74) is 2.41. The first kappa shape index (κ1) is 14.7. The fourth-order valence-electron chi connectivity index (χ4n) is 2.87. The normalized spacial score (nSPS) is 17.7. The van der Waals surface area contributed by atoms with Crippen molar-refractivity contribution >= 4 is 11.8 Å². The Hall–Kier alpha value is -1.26. The van der Waals surface area contributed by atoms with Crippen LogP contribution in [0, 0.1) is 5.82 Å². The maximum absolute atomic E-state index is 13.5. The lowest BCUT2D eigenvalue weighted by Gasteiger charge is -2.26. The van der Waals surface area contributed by atoms with Crippen LogP contribution in [-0.2, 0) is 13.1 Å². The number of thioether (sulfide) groups is 1. The van der Waals surface area contributed by atoms with Crippen LogP contribution in [0.4, 0.5) is 4.39 Å². The molecule has 2 heterocycles. The molecule has 0 radical (unpaired) electrons. The van der Waals surface area contributed by atoms with E-state index in [2.05, 4.69) is 35.1 Å². The third kappa shape index (κ3) is 3.33. The summed E-state index contributed by atoms with van der Waals surface area (Å²) in [4.78, 5) is 1.21. The second-order valence-electron chi connectivity index (χ2n) is 5.45. The number of aromatic nitrogens is 1. The fraction of sp³-hybridized carbons (Fsp3) is 0.412. The lowest BCUT2D eigenvalue weighted by atomic mass is 10.0. The van der Waals surface area contributed by atoms with Crippen molar-refractivity contribution in [1.82, 2.24) is 9.88 Å². The third-order valence-corrected chi connectivity index (χ3v) is 5.05. The maximum atomic E-state index is 13.5. The molecule has 1 aromatic carbocycles. The molecule has 1 aliphatic heterocycles. The van der Waals surface area contributed by atoms with Gasteiger partial charge >= 0.3 is 0 Å². The van der Waals surface area contributed by atoms with Crippen LogP contribution < -0.4 is 5.32 Å². The van der Waals surface area contributed by atoms with Crippen LogP contribution in [0.2, 0.25) is 0 Å². The SMILES string of the molecule is CCCn1cccc1CNC1CCSc2ccc(F)cc21. The number of benzene rings is 1. The largest absolute Gasteiger partial charge is 0.350 e. The van der Waals surface area contributed by atoms with Crippen LogP contribution in [0.3, 0.4) is 0 Å². The first-order valence-corrected chi connectivity index (χ1v) is 8.56. The average molecular weight is 304 g/mol. The molecule has 1 aliphatic rings. The van der Waals surface area contributed by atoms with E-state index in [1.165, 1.54) is 10.6 Å². The minimum absolute atomic E-state index is 0.141. The van der Waals surface area contributed by atoms with Gasteiger partial charge in [-0.1, -0.05) is 6.92 Å². The van der Waals surface area contributed by atoms with Gasteiger partial charge in [-0.05, 0) is 54.5 Å². The van der Waals surface area contributed by atoms with Crippen molar-refractivity contribution in [3.63, 3.8) is 0 Å². The van der Waals surface area contributed by atoms with Gasteiger partial charge in [0.15, 0.2) is 0 Å². The number of aryl methyl sites for hydroxylation is 1. The molecule has 0 bridgehead atoms. The predicted molar refractivity (Wildman–Crippen MR) is 86.0 cm³/mol. The van der Waals surface area contributed by atoms with Crippen LogP contribution in [0.15, 0.2) is 41.4 Å². The molecule has 1 aromatic heterocycles. The highest BCUT2D eigenvalue weighted by Crippen LogP contribution is 2.36. The van der Waals surface area contributed by atoms with Gasteiger partial charge in [-0.25, -0.2) is 4.39 Å². The lowest BCUT2D eigenvalue weighted by molar-refractivity contribution is 0.489. The van der Waals surface area contributed by atoms with E-state index in [4.69, 9.17) is 0 Å². The van der Waals surface area contributed by atoms with Crippen molar-refractivity contribution < 1.29 is 4.39 Å². The molecule has 0 saturated heterocycles. The standard InChI is InChI=1S/C17H21FN2S/c1-2-8-20-9-3-4-14(20)12-19-16-7-10-21-17-6-5-13(18)11-15(16)17/h3-6,9,11,16,19H,2,7-8,10,12H2,1H3. The van der Waals surface area contributed by atoms with Crippen molar-refractivity contribution in [2.75, 3.05) is 5.75 Å². The molecule has 3 rings (SSSR count). The highest BCUT2D eigenvalue weighted by Gasteiger charge is 2.21. The zero-order valence-corrected chi connectivity index (χ0v) is 13.1. The van der Waals surface area contributed by atoms with Gasteiger partial charge in [0.25, 0.3) is 0 Å². The zero-order chi connectivity index (χ0) is 14.7. The summed E-state index contributed by atoms with van der Waals surface area (Å²) >= 11 is 1.82. The topological polar surface area (TPSA) is 17.0 Å². The van der Waals surface area contributed by atoms with Gasteiger partial charge in [-0.3, -0.25) is 0 Å². The molecular formula is C17H21FN2S. The Balaban J connectivity index is 1.72. The summed E-state index contributed by atoms with van der Waals surface area (Å²) in [6.45, 7) is 4.07. The van der Waals surface area contributed by atoms with Gasteiger partial charge in [0.2, 0.25) is 0 Å². The highest BCUT2D eigenvalue weighted by atomic mass is 32.2. The number of nitrogens with zero attached hydrogens (tertiary/aromatic N) is 1. The Bertz CT molecular complexity index is 609. The van der Waals surface area contributed by atoms with E-state index in [0.29, 0.717) is 0 Å².